The fraction of sp³-hybridized carbons (Fsp3) is 0.320. The Morgan fingerprint density at radius 2 is 1.84 bits per heavy atom. The first-order chi connectivity index (χ1) is 15.0. The maximum atomic E-state index is 12.9. The van der Waals surface area contributed by atoms with Gasteiger partial charge in [-0.05, 0) is 38.8 Å². The van der Waals surface area contributed by atoms with Gasteiger partial charge in [-0.25, -0.2) is 4.79 Å². The molecule has 0 fully saturated rings. The summed E-state index contributed by atoms with van der Waals surface area (Å²) in [7, 11) is 0. The number of aromatic nitrogens is 2. The molecule has 4 rings (SSSR count). The van der Waals surface area contributed by atoms with Crippen molar-refractivity contribution in [1.29, 1.82) is 0 Å². The summed E-state index contributed by atoms with van der Waals surface area (Å²) in [6.07, 6.45) is 1.93. The summed E-state index contributed by atoms with van der Waals surface area (Å²) >= 11 is 0. The van der Waals surface area contributed by atoms with Crippen LogP contribution in [0.1, 0.15) is 55.3 Å². The summed E-state index contributed by atoms with van der Waals surface area (Å²) in [5, 5.41) is 7.38. The number of carbonyl (C=O) groups is 1. The van der Waals surface area contributed by atoms with Gasteiger partial charge in [0, 0.05) is 17.8 Å². The fourth-order valence-electron chi connectivity index (χ4n) is 3.89. The summed E-state index contributed by atoms with van der Waals surface area (Å²) in [6, 6.07) is 15.7. The molecule has 6 nitrogen and oxygen atoms in total. The highest BCUT2D eigenvalue weighted by Gasteiger charge is 2.35. The molecule has 1 unspecified atom stereocenters. The maximum absolute atomic E-state index is 12.9. The van der Waals surface area contributed by atoms with E-state index in [1.165, 1.54) is 0 Å². The number of carbonyl (C=O) groups excluding carboxylic acids is 1. The van der Waals surface area contributed by atoms with Crippen LogP contribution in [0.3, 0.4) is 0 Å². The Balaban J connectivity index is 1.80. The first kappa shape index (κ1) is 20.8. The Kier molecular flexibility index (Phi) is 5.89. The second-order valence-electron chi connectivity index (χ2n) is 8.09. The lowest BCUT2D eigenvalue weighted by Gasteiger charge is -2.35. The molecule has 1 aliphatic heterocycles. The Morgan fingerprint density at radius 3 is 2.55 bits per heavy atom. The number of amides is 2. The van der Waals surface area contributed by atoms with Gasteiger partial charge in [-0.15, -0.1) is 0 Å². The molecule has 0 saturated carbocycles. The molecule has 31 heavy (non-hydrogen) atoms. The highest BCUT2D eigenvalue weighted by molar-refractivity contribution is 5.86. The maximum Gasteiger partial charge on any atom is 0.322 e. The van der Waals surface area contributed by atoms with Gasteiger partial charge in [0.15, 0.2) is 0 Å². The van der Waals surface area contributed by atoms with Crippen molar-refractivity contribution in [1.82, 2.24) is 20.4 Å². The minimum Gasteiger partial charge on any atom is -0.334 e. The van der Waals surface area contributed by atoms with Crippen LogP contribution in [0, 0.1) is 13.8 Å². The van der Waals surface area contributed by atoms with Crippen molar-refractivity contribution in [3.8, 4) is 11.4 Å². The standard InChI is InChI=1S/C25H28N4O2/c1-5-6-14-29-18(4)21(22(26-25(29)30)19-12-10-16(2)11-13-19)24-27-23(28-31-24)20-9-7-8-17(3)15-20/h7-13,15,22H,5-6,14H2,1-4H3,(H,26,30). The zero-order valence-electron chi connectivity index (χ0n) is 18.5. The molecule has 1 aromatic heterocycles. The molecule has 6 heteroatoms. The number of aryl methyl sites for hydroxylation is 2. The number of urea groups is 1. The van der Waals surface area contributed by atoms with Crippen LogP contribution in [-0.4, -0.2) is 27.6 Å². The van der Waals surface area contributed by atoms with E-state index in [9.17, 15) is 4.79 Å². The van der Waals surface area contributed by atoms with Gasteiger partial charge in [-0.3, -0.25) is 4.90 Å². The van der Waals surface area contributed by atoms with Crippen LogP contribution in [0.15, 0.2) is 58.8 Å². The van der Waals surface area contributed by atoms with Crippen LogP contribution in [0.2, 0.25) is 0 Å². The van der Waals surface area contributed by atoms with E-state index in [1.807, 2.05) is 69.3 Å². The lowest BCUT2D eigenvalue weighted by Crippen LogP contribution is -2.46. The molecule has 1 N–H and O–H groups in total. The molecule has 2 heterocycles. The van der Waals surface area contributed by atoms with Crippen molar-refractivity contribution in [3.05, 3.63) is 76.8 Å². The van der Waals surface area contributed by atoms with Gasteiger partial charge in [0.25, 0.3) is 5.89 Å². The highest BCUT2D eigenvalue weighted by Crippen LogP contribution is 2.37. The van der Waals surface area contributed by atoms with Crippen molar-refractivity contribution in [2.75, 3.05) is 6.54 Å². The van der Waals surface area contributed by atoms with E-state index in [0.29, 0.717) is 18.3 Å². The van der Waals surface area contributed by atoms with Crippen LogP contribution >= 0.6 is 0 Å². The number of benzene rings is 2. The Hall–Kier alpha value is -3.41. The Bertz CT molecular complexity index is 1110. The van der Waals surface area contributed by atoms with Crippen molar-refractivity contribution < 1.29 is 9.32 Å². The molecule has 1 aliphatic rings. The number of unbranched alkanes of at least 4 members (excludes halogenated alkanes) is 1. The number of nitrogens with one attached hydrogen (secondary N) is 1. The first-order valence-corrected chi connectivity index (χ1v) is 10.7. The monoisotopic (exact) mass is 416 g/mol. The normalized spacial score (nSPS) is 16.6. The molecule has 1 atom stereocenters. The lowest BCUT2D eigenvalue weighted by atomic mass is 9.94. The predicted octanol–water partition coefficient (Wildman–Crippen LogP) is 5.65. The zero-order chi connectivity index (χ0) is 22.0. The van der Waals surface area contributed by atoms with Crippen molar-refractivity contribution >= 4 is 11.6 Å². The minimum atomic E-state index is -0.350. The van der Waals surface area contributed by atoms with Gasteiger partial charge in [-0.2, -0.15) is 4.98 Å². The highest BCUT2D eigenvalue weighted by atomic mass is 16.5. The number of nitrogens with zero attached hydrogens (tertiary/aromatic N) is 3. The van der Waals surface area contributed by atoms with Gasteiger partial charge in [0.2, 0.25) is 5.82 Å². The van der Waals surface area contributed by atoms with Crippen molar-refractivity contribution in [2.45, 2.75) is 46.6 Å². The average molecular weight is 417 g/mol. The first-order valence-electron chi connectivity index (χ1n) is 10.7. The van der Waals surface area contributed by atoms with Gasteiger partial charge < -0.3 is 9.84 Å². The quantitative estimate of drug-likeness (QED) is 0.563. The molecule has 0 spiro atoms. The SMILES string of the molecule is CCCCN1C(=O)NC(c2ccc(C)cc2)C(c2nc(-c3cccc(C)c3)no2)=C1C. The van der Waals surface area contributed by atoms with Gasteiger partial charge in [-0.1, -0.05) is 72.1 Å². The average Bonchev–Trinajstić information content (AvgIpc) is 3.23. The van der Waals surface area contributed by atoms with E-state index in [0.717, 1.165) is 46.4 Å². The number of rotatable bonds is 6. The number of hydrogen-bond donors (Lipinski definition) is 1. The molecule has 0 aliphatic carbocycles. The van der Waals surface area contributed by atoms with E-state index in [-0.39, 0.29) is 12.1 Å². The third-order valence-electron chi connectivity index (χ3n) is 5.67. The van der Waals surface area contributed by atoms with Crippen LogP contribution in [0.4, 0.5) is 4.79 Å². The van der Waals surface area contributed by atoms with Crippen LogP contribution in [0.5, 0.6) is 0 Å². The number of allylic oxidation sites excluding steroid dienone is 1. The fourth-order valence-corrected chi connectivity index (χ4v) is 3.89. The summed E-state index contributed by atoms with van der Waals surface area (Å²) < 4.78 is 5.74. The van der Waals surface area contributed by atoms with E-state index in [4.69, 9.17) is 9.51 Å². The summed E-state index contributed by atoms with van der Waals surface area (Å²) in [4.78, 5) is 19.4. The molecule has 3 aromatic rings. The Labute approximate surface area is 183 Å². The van der Waals surface area contributed by atoms with Gasteiger partial charge in [0.05, 0.1) is 11.6 Å². The van der Waals surface area contributed by atoms with Crippen molar-refractivity contribution in [3.63, 3.8) is 0 Å². The molecular formula is C25H28N4O2. The van der Waals surface area contributed by atoms with Crippen molar-refractivity contribution in [2.24, 2.45) is 0 Å². The minimum absolute atomic E-state index is 0.0984. The largest absolute Gasteiger partial charge is 0.334 e. The van der Waals surface area contributed by atoms with E-state index in [1.54, 1.807) is 4.90 Å². The van der Waals surface area contributed by atoms with Gasteiger partial charge >= 0.3 is 6.03 Å². The second-order valence-corrected chi connectivity index (χ2v) is 8.09. The third-order valence-corrected chi connectivity index (χ3v) is 5.67. The smallest absolute Gasteiger partial charge is 0.322 e. The molecule has 0 radical (unpaired) electrons. The van der Waals surface area contributed by atoms with E-state index in [2.05, 4.69) is 17.4 Å². The van der Waals surface area contributed by atoms with Crippen LogP contribution < -0.4 is 5.32 Å². The molecule has 2 amide bonds. The lowest BCUT2D eigenvalue weighted by molar-refractivity contribution is 0.204. The molecule has 160 valence electrons. The zero-order valence-corrected chi connectivity index (χ0v) is 18.5. The molecular weight excluding hydrogens is 388 g/mol. The van der Waals surface area contributed by atoms with Crippen LogP contribution in [-0.2, 0) is 0 Å². The van der Waals surface area contributed by atoms with Gasteiger partial charge in [0.1, 0.15) is 0 Å². The van der Waals surface area contributed by atoms with Crippen LogP contribution in [0.25, 0.3) is 17.0 Å². The summed E-state index contributed by atoms with van der Waals surface area (Å²) in [5.41, 5.74) is 5.87. The number of hydrogen-bond acceptors (Lipinski definition) is 4. The molecule has 2 aromatic carbocycles. The summed E-state index contributed by atoms with van der Waals surface area (Å²) in [5.74, 6) is 0.972. The molecule has 0 saturated heterocycles. The summed E-state index contributed by atoms with van der Waals surface area (Å²) in [6.45, 7) is 8.80. The van der Waals surface area contributed by atoms with E-state index < -0.39 is 0 Å². The molecule has 0 bridgehead atoms. The topological polar surface area (TPSA) is 71.3 Å². The third kappa shape index (κ3) is 4.24. The second kappa shape index (κ2) is 8.76. The van der Waals surface area contributed by atoms with E-state index >= 15 is 0 Å². The predicted molar refractivity (Wildman–Crippen MR) is 121 cm³/mol. The Morgan fingerprint density at radius 1 is 1.06 bits per heavy atom.